The lowest BCUT2D eigenvalue weighted by Gasteiger charge is -2.26. The average Bonchev–Trinajstić information content (AvgIpc) is 3.21. The molecule has 246 valence electrons. The number of aromatic hydroxyl groups is 3. The molecule has 1 saturated heterocycles. The van der Waals surface area contributed by atoms with Gasteiger partial charge in [-0.3, -0.25) is 9.59 Å². The average molecular weight is 649 g/mol. The Morgan fingerprint density at radius 1 is 0.913 bits per heavy atom. The zero-order chi connectivity index (χ0) is 34.2. The maximum absolute atomic E-state index is 13.1. The Morgan fingerprint density at radius 3 is 2.09 bits per heavy atom. The van der Waals surface area contributed by atoms with Crippen LogP contribution in [0.3, 0.4) is 0 Å². The first-order valence-electron chi connectivity index (χ1n) is 13.7. The van der Waals surface area contributed by atoms with E-state index in [0.29, 0.717) is 31.5 Å². The summed E-state index contributed by atoms with van der Waals surface area (Å²) in [4.78, 5) is 47.8. The molecule has 4 rings (SSSR count). The summed E-state index contributed by atoms with van der Waals surface area (Å²) in [6.45, 7) is 2.98. The number of ether oxygens (including phenoxy) is 2. The molecule has 0 saturated carbocycles. The van der Waals surface area contributed by atoms with Crippen LogP contribution in [0.15, 0.2) is 54.6 Å². The lowest BCUT2D eigenvalue weighted by atomic mass is 9.98. The predicted octanol–water partition coefficient (Wildman–Crippen LogP) is 3.69. The van der Waals surface area contributed by atoms with Gasteiger partial charge < -0.3 is 40.5 Å². The molecule has 2 atom stereocenters. The molecule has 0 unspecified atom stereocenters. The highest BCUT2D eigenvalue weighted by atomic mass is 19.4. The van der Waals surface area contributed by atoms with Gasteiger partial charge in [-0.15, -0.1) is 0 Å². The van der Waals surface area contributed by atoms with Gasteiger partial charge in [0, 0.05) is 12.1 Å². The number of phenolic OH excluding ortho intramolecular Hbond substituents is 3. The van der Waals surface area contributed by atoms with Gasteiger partial charge >= 0.3 is 18.1 Å². The minimum atomic E-state index is -5.08. The van der Waals surface area contributed by atoms with Gasteiger partial charge in [-0.2, -0.15) is 13.2 Å². The standard InChI is InChI=1S/C29H30N2O8.C2HF3O2/c1-16-8-10-17(11-9-16)28(36)31-19-15-30-12-4-7-23(19)39-29(37)18-13-21(33)25(22(34)14-18)27(35)26-20(32)5-3-6-24(26)38-2;3-2(4,5)1(6)7/h3,5-6,8-11,13-14,19,23,30,32-34H,4,7,12,15H2,1-2H3,(H,31,36);(H,6,7)/t19-,23-;/m0./s1. The molecule has 15 heteroatoms. The third-order valence-corrected chi connectivity index (χ3v) is 6.80. The van der Waals surface area contributed by atoms with Crippen LogP contribution in [0, 0.1) is 6.92 Å². The number of carbonyl (C=O) groups excluding carboxylic acids is 3. The largest absolute Gasteiger partial charge is 0.507 e. The summed E-state index contributed by atoms with van der Waals surface area (Å²) in [6, 6.07) is 12.8. The first-order chi connectivity index (χ1) is 21.6. The molecule has 1 fully saturated rings. The number of aliphatic carboxylic acids is 1. The summed E-state index contributed by atoms with van der Waals surface area (Å²) in [5.74, 6) is -6.51. The Labute approximate surface area is 260 Å². The molecule has 0 bridgehead atoms. The van der Waals surface area contributed by atoms with Crippen molar-refractivity contribution in [2.45, 2.75) is 38.1 Å². The number of hydrogen-bond donors (Lipinski definition) is 6. The first kappa shape index (κ1) is 35.2. The lowest BCUT2D eigenvalue weighted by Crippen LogP contribution is -2.49. The summed E-state index contributed by atoms with van der Waals surface area (Å²) >= 11 is 0. The SMILES string of the molecule is COc1cccc(O)c1C(=O)c1c(O)cc(C(=O)O[C@H]2CCCNC[C@@H]2NC(=O)c2ccc(C)cc2)cc1O.O=C(O)C(F)(F)F. The van der Waals surface area contributed by atoms with E-state index in [9.17, 15) is 42.9 Å². The second-order valence-electron chi connectivity index (χ2n) is 10.1. The number of ketones is 1. The number of phenols is 3. The zero-order valence-corrected chi connectivity index (χ0v) is 24.6. The number of nitrogens with one attached hydrogen (secondary N) is 2. The van der Waals surface area contributed by atoms with Crippen molar-refractivity contribution in [2.24, 2.45) is 0 Å². The third-order valence-electron chi connectivity index (χ3n) is 6.80. The van der Waals surface area contributed by atoms with Crippen LogP contribution >= 0.6 is 0 Å². The van der Waals surface area contributed by atoms with Crippen molar-refractivity contribution in [3.8, 4) is 23.0 Å². The molecule has 1 aliphatic heterocycles. The molecule has 0 aromatic heterocycles. The Balaban J connectivity index is 0.000000738. The number of aryl methyl sites for hydroxylation is 1. The van der Waals surface area contributed by atoms with Crippen molar-refractivity contribution >= 4 is 23.6 Å². The smallest absolute Gasteiger partial charge is 0.490 e. The van der Waals surface area contributed by atoms with Crippen molar-refractivity contribution in [3.05, 3.63) is 82.4 Å². The van der Waals surface area contributed by atoms with E-state index in [-0.39, 0.29) is 22.8 Å². The minimum Gasteiger partial charge on any atom is -0.507 e. The van der Waals surface area contributed by atoms with E-state index in [4.69, 9.17) is 19.4 Å². The molecule has 1 amide bonds. The van der Waals surface area contributed by atoms with E-state index in [0.717, 1.165) is 17.7 Å². The van der Waals surface area contributed by atoms with E-state index < -0.39 is 58.9 Å². The van der Waals surface area contributed by atoms with Gasteiger partial charge in [0.25, 0.3) is 5.91 Å². The highest BCUT2D eigenvalue weighted by molar-refractivity contribution is 6.16. The summed E-state index contributed by atoms with van der Waals surface area (Å²) in [5.41, 5.74) is 0.554. The van der Waals surface area contributed by atoms with E-state index in [1.54, 1.807) is 12.1 Å². The maximum Gasteiger partial charge on any atom is 0.490 e. The van der Waals surface area contributed by atoms with Crippen LogP contribution in [0.5, 0.6) is 23.0 Å². The van der Waals surface area contributed by atoms with E-state index in [1.807, 2.05) is 19.1 Å². The summed E-state index contributed by atoms with van der Waals surface area (Å²) < 4.78 is 42.6. The number of halogens is 3. The zero-order valence-electron chi connectivity index (χ0n) is 24.6. The Hall–Kier alpha value is -5.31. The van der Waals surface area contributed by atoms with E-state index in [1.165, 1.54) is 25.3 Å². The topological polar surface area (TPSA) is 192 Å². The van der Waals surface area contributed by atoms with Crippen molar-refractivity contribution in [3.63, 3.8) is 0 Å². The lowest BCUT2D eigenvalue weighted by molar-refractivity contribution is -0.192. The number of carboxylic acid groups (broad SMARTS) is 1. The molecule has 0 radical (unpaired) electrons. The molecule has 3 aromatic carbocycles. The summed E-state index contributed by atoms with van der Waals surface area (Å²) in [7, 11) is 1.31. The molecular formula is C31H31F3N2O10. The van der Waals surface area contributed by atoms with Gasteiger partial charge in [0.2, 0.25) is 5.78 Å². The van der Waals surface area contributed by atoms with Crippen molar-refractivity contribution < 1.29 is 62.2 Å². The number of esters is 1. The molecule has 12 nitrogen and oxygen atoms in total. The fourth-order valence-electron chi connectivity index (χ4n) is 4.47. The van der Waals surface area contributed by atoms with Gasteiger partial charge in [0.1, 0.15) is 40.2 Å². The van der Waals surface area contributed by atoms with Crippen molar-refractivity contribution in [1.82, 2.24) is 10.6 Å². The normalized spacial score (nSPS) is 16.2. The second kappa shape index (κ2) is 15.1. The van der Waals surface area contributed by atoms with Crippen LogP contribution in [0.2, 0.25) is 0 Å². The monoisotopic (exact) mass is 648 g/mol. The van der Waals surface area contributed by atoms with Gasteiger partial charge in [-0.25, -0.2) is 9.59 Å². The number of carboxylic acids is 1. The molecular weight excluding hydrogens is 617 g/mol. The van der Waals surface area contributed by atoms with Gasteiger partial charge in [0.15, 0.2) is 0 Å². The third kappa shape index (κ3) is 8.88. The Bertz CT molecular complexity index is 1570. The molecule has 6 N–H and O–H groups in total. The van der Waals surface area contributed by atoms with Crippen molar-refractivity contribution in [1.29, 1.82) is 0 Å². The molecule has 0 spiro atoms. The van der Waals surface area contributed by atoms with Crippen LogP contribution in [0.4, 0.5) is 13.2 Å². The molecule has 0 aliphatic carbocycles. The van der Waals surface area contributed by atoms with Crippen LogP contribution in [0.1, 0.15) is 55.0 Å². The predicted molar refractivity (Wildman–Crippen MR) is 155 cm³/mol. The number of hydrogen-bond acceptors (Lipinski definition) is 10. The molecule has 1 heterocycles. The number of alkyl halides is 3. The van der Waals surface area contributed by atoms with Gasteiger partial charge in [-0.05, 0) is 62.7 Å². The Morgan fingerprint density at radius 2 is 1.52 bits per heavy atom. The fraction of sp³-hybridized carbons (Fsp3) is 0.290. The van der Waals surface area contributed by atoms with Gasteiger partial charge in [-0.1, -0.05) is 23.8 Å². The molecule has 1 aliphatic rings. The Kier molecular flexibility index (Phi) is 11.6. The maximum atomic E-state index is 13.1. The minimum absolute atomic E-state index is 0.0444. The second-order valence-corrected chi connectivity index (χ2v) is 10.1. The van der Waals surface area contributed by atoms with Crippen LogP contribution in [0.25, 0.3) is 0 Å². The first-order valence-corrected chi connectivity index (χ1v) is 13.7. The quantitative estimate of drug-likeness (QED) is 0.162. The highest BCUT2D eigenvalue weighted by Crippen LogP contribution is 2.37. The van der Waals surface area contributed by atoms with E-state index >= 15 is 0 Å². The van der Waals surface area contributed by atoms with Crippen LogP contribution < -0.4 is 15.4 Å². The number of methoxy groups -OCH3 is 1. The molecule has 3 aromatic rings. The number of rotatable bonds is 7. The highest BCUT2D eigenvalue weighted by Gasteiger charge is 2.38. The van der Waals surface area contributed by atoms with Crippen molar-refractivity contribution in [2.75, 3.05) is 20.2 Å². The number of amides is 1. The summed E-state index contributed by atoms with van der Waals surface area (Å²) in [5, 5.41) is 44.6. The van der Waals surface area contributed by atoms with Gasteiger partial charge in [0.05, 0.1) is 18.7 Å². The number of benzene rings is 3. The number of carbonyl (C=O) groups is 4. The van der Waals surface area contributed by atoms with E-state index in [2.05, 4.69) is 10.6 Å². The van der Waals surface area contributed by atoms with Crippen LogP contribution in [-0.2, 0) is 9.53 Å². The van der Waals surface area contributed by atoms with Crippen LogP contribution in [-0.4, -0.2) is 82.6 Å². The summed E-state index contributed by atoms with van der Waals surface area (Å²) in [6.07, 6.45) is -4.60. The molecule has 46 heavy (non-hydrogen) atoms. The fourth-order valence-corrected chi connectivity index (χ4v) is 4.47.